The van der Waals surface area contributed by atoms with Gasteiger partial charge in [-0.2, -0.15) is 0 Å². The van der Waals surface area contributed by atoms with Gasteiger partial charge in [-0.25, -0.2) is 4.98 Å². The Bertz CT molecular complexity index is 565. The number of hydrogen-bond donors (Lipinski definition) is 1. The Hall–Kier alpha value is -1.59. The van der Waals surface area contributed by atoms with E-state index in [-0.39, 0.29) is 0 Å². The molecule has 0 atom stereocenters. The van der Waals surface area contributed by atoms with Crippen LogP contribution in [0.2, 0.25) is 0 Å². The fraction of sp³-hybridized carbons (Fsp3) is 0.438. The van der Waals surface area contributed by atoms with E-state index in [2.05, 4.69) is 31.0 Å². The van der Waals surface area contributed by atoms with Crippen LogP contribution >= 0.6 is 11.3 Å². The highest BCUT2D eigenvalue weighted by Gasteiger charge is 2.12. The molecule has 0 spiro atoms. The van der Waals surface area contributed by atoms with Crippen LogP contribution in [-0.4, -0.2) is 19.1 Å². The highest BCUT2D eigenvalue weighted by molar-refractivity contribution is 7.15. The summed E-state index contributed by atoms with van der Waals surface area (Å²) >= 11 is 1.70. The highest BCUT2D eigenvalue weighted by atomic mass is 32.1. The average molecular weight is 305 g/mol. The number of ether oxygens (including phenoxy) is 1. The van der Waals surface area contributed by atoms with E-state index in [0.29, 0.717) is 6.54 Å². The van der Waals surface area contributed by atoms with Gasteiger partial charge in [0.1, 0.15) is 5.75 Å². The molecule has 1 heterocycles. The molecular weight excluding hydrogens is 282 g/mol. The SMILES string of the molecule is CCCc1nc(N(C)Cc2ccc(OC)cc2)sc1CN. The lowest BCUT2D eigenvalue weighted by Gasteiger charge is -2.16. The monoisotopic (exact) mass is 305 g/mol. The Kier molecular flexibility index (Phi) is 5.59. The number of nitrogens with zero attached hydrogens (tertiary/aromatic N) is 2. The summed E-state index contributed by atoms with van der Waals surface area (Å²) in [5.74, 6) is 0.881. The van der Waals surface area contributed by atoms with Crippen molar-refractivity contribution in [2.45, 2.75) is 32.9 Å². The molecule has 4 nitrogen and oxygen atoms in total. The van der Waals surface area contributed by atoms with Gasteiger partial charge in [0.05, 0.1) is 12.8 Å². The van der Waals surface area contributed by atoms with Gasteiger partial charge in [-0.1, -0.05) is 25.5 Å². The molecule has 0 saturated heterocycles. The van der Waals surface area contributed by atoms with Crippen molar-refractivity contribution in [3.63, 3.8) is 0 Å². The molecule has 5 heteroatoms. The van der Waals surface area contributed by atoms with Crippen LogP contribution in [0.15, 0.2) is 24.3 Å². The van der Waals surface area contributed by atoms with E-state index in [0.717, 1.165) is 36.0 Å². The van der Waals surface area contributed by atoms with E-state index in [9.17, 15) is 0 Å². The third-order valence-electron chi connectivity index (χ3n) is 3.34. The summed E-state index contributed by atoms with van der Waals surface area (Å²) in [6.07, 6.45) is 2.10. The predicted molar refractivity (Wildman–Crippen MR) is 89.1 cm³/mol. The van der Waals surface area contributed by atoms with Crippen LogP contribution in [0, 0.1) is 0 Å². The summed E-state index contributed by atoms with van der Waals surface area (Å²) in [4.78, 5) is 8.11. The molecule has 0 bridgehead atoms. The average Bonchev–Trinajstić information content (AvgIpc) is 2.91. The van der Waals surface area contributed by atoms with Crippen LogP contribution < -0.4 is 15.4 Å². The van der Waals surface area contributed by atoms with Crippen molar-refractivity contribution >= 4 is 16.5 Å². The van der Waals surface area contributed by atoms with Gasteiger partial charge in [-0.15, -0.1) is 11.3 Å². The number of aryl methyl sites for hydroxylation is 1. The van der Waals surface area contributed by atoms with Crippen molar-refractivity contribution in [1.82, 2.24) is 4.98 Å². The molecule has 21 heavy (non-hydrogen) atoms. The minimum atomic E-state index is 0.573. The first kappa shape index (κ1) is 15.8. The maximum atomic E-state index is 5.82. The maximum Gasteiger partial charge on any atom is 0.185 e. The highest BCUT2D eigenvalue weighted by Crippen LogP contribution is 2.27. The van der Waals surface area contributed by atoms with Gasteiger partial charge < -0.3 is 15.4 Å². The second-order valence-corrected chi connectivity index (χ2v) is 6.09. The predicted octanol–water partition coefficient (Wildman–Crippen LogP) is 3.20. The van der Waals surface area contributed by atoms with Crippen molar-refractivity contribution in [2.24, 2.45) is 5.73 Å². The third-order valence-corrected chi connectivity index (χ3v) is 4.58. The summed E-state index contributed by atoms with van der Waals surface area (Å²) < 4.78 is 5.18. The number of aromatic nitrogens is 1. The smallest absolute Gasteiger partial charge is 0.185 e. The van der Waals surface area contributed by atoms with Gasteiger partial charge in [-0.3, -0.25) is 0 Å². The molecular formula is C16H23N3OS. The minimum absolute atomic E-state index is 0.573. The van der Waals surface area contributed by atoms with E-state index >= 15 is 0 Å². The zero-order chi connectivity index (χ0) is 15.2. The molecule has 0 radical (unpaired) electrons. The van der Waals surface area contributed by atoms with Crippen molar-refractivity contribution in [1.29, 1.82) is 0 Å². The summed E-state index contributed by atoms with van der Waals surface area (Å²) in [7, 11) is 3.75. The molecule has 1 aromatic carbocycles. The molecule has 0 saturated carbocycles. The number of methoxy groups -OCH3 is 1. The number of benzene rings is 1. The first-order chi connectivity index (χ1) is 10.2. The Morgan fingerprint density at radius 3 is 2.57 bits per heavy atom. The standard InChI is InChI=1S/C16H23N3OS/c1-4-5-14-15(10-17)21-16(18-14)19(2)11-12-6-8-13(20-3)9-7-12/h6-9H,4-5,10-11,17H2,1-3H3. The summed E-state index contributed by atoms with van der Waals surface area (Å²) in [6.45, 7) is 3.57. The summed E-state index contributed by atoms with van der Waals surface area (Å²) in [6, 6.07) is 8.14. The fourth-order valence-corrected chi connectivity index (χ4v) is 3.14. The fourth-order valence-electron chi connectivity index (χ4n) is 2.20. The molecule has 2 N–H and O–H groups in total. The number of anilines is 1. The van der Waals surface area contributed by atoms with Gasteiger partial charge in [0.2, 0.25) is 0 Å². The number of rotatable bonds is 7. The van der Waals surface area contributed by atoms with Crippen molar-refractivity contribution < 1.29 is 4.74 Å². The van der Waals surface area contributed by atoms with Crippen LogP contribution in [0.3, 0.4) is 0 Å². The van der Waals surface area contributed by atoms with E-state index in [1.165, 1.54) is 10.4 Å². The largest absolute Gasteiger partial charge is 0.497 e. The molecule has 0 aliphatic carbocycles. The van der Waals surface area contributed by atoms with E-state index < -0.39 is 0 Å². The molecule has 2 aromatic rings. The number of thiazole rings is 1. The molecule has 2 rings (SSSR count). The normalized spacial score (nSPS) is 10.7. The molecule has 0 aliphatic rings. The zero-order valence-corrected chi connectivity index (χ0v) is 13.7. The number of nitrogens with two attached hydrogens (primary N) is 1. The first-order valence-corrected chi connectivity index (χ1v) is 8.02. The van der Waals surface area contributed by atoms with Gasteiger partial charge in [-0.05, 0) is 24.1 Å². The summed E-state index contributed by atoms with van der Waals surface area (Å²) in [5, 5.41) is 1.04. The molecule has 0 fully saturated rings. The Balaban J connectivity index is 2.09. The molecule has 0 aliphatic heterocycles. The van der Waals surface area contributed by atoms with Crippen LogP contribution in [0.25, 0.3) is 0 Å². The second-order valence-electron chi connectivity index (χ2n) is 5.02. The van der Waals surface area contributed by atoms with Crippen LogP contribution in [0.1, 0.15) is 29.5 Å². The van der Waals surface area contributed by atoms with Gasteiger partial charge in [0.15, 0.2) is 5.13 Å². The van der Waals surface area contributed by atoms with Crippen LogP contribution in [0.4, 0.5) is 5.13 Å². The maximum absolute atomic E-state index is 5.82. The van der Waals surface area contributed by atoms with E-state index in [4.69, 9.17) is 15.5 Å². The topological polar surface area (TPSA) is 51.4 Å². The Morgan fingerprint density at radius 2 is 2.00 bits per heavy atom. The van der Waals surface area contributed by atoms with E-state index in [1.807, 2.05) is 12.1 Å². The Labute approximate surface area is 130 Å². The van der Waals surface area contributed by atoms with Crippen LogP contribution in [-0.2, 0) is 19.5 Å². The van der Waals surface area contributed by atoms with Crippen molar-refractivity contribution in [2.75, 3.05) is 19.1 Å². The van der Waals surface area contributed by atoms with Crippen molar-refractivity contribution in [3.05, 3.63) is 40.4 Å². The summed E-state index contributed by atoms with van der Waals surface area (Å²) in [5.41, 5.74) is 8.21. The third kappa shape index (κ3) is 3.95. The minimum Gasteiger partial charge on any atom is -0.497 e. The van der Waals surface area contributed by atoms with Gasteiger partial charge >= 0.3 is 0 Å². The molecule has 114 valence electrons. The molecule has 0 amide bonds. The van der Waals surface area contributed by atoms with Gasteiger partial charge in [0, 0.05) is 25.0 Å². The molecule has 0 unspecified atom stereocenters. The zero-order valence-electron chi connectivity index (χ0n) is 12.9. The van der Waals surface area contributed by atoms with Crippen LogP contribution in [0.5, 0.6) is 5.75 Å². The second kappa shape index (κ2) is 7.43. The lowest BCUT2D eigenvalue weighted by molar-refractivity contribution is 0.414. The first-order valence-electron chi connectivity index (χ1n) is 7.20. The van der Waals surface area contributed by atoms with Gasteiger partial charge in [0.25, 0.3) is 0 Å². The quantitative estimate of drug-likeness (QED) is 0.853. The van der Waals surface area contributed by atoms with E-state index in [1.54, 1.807) is 18.4 Å². The van der Waals surface area contributed by atoms with Crippen molar-refractivity contribution in [3.8, 4) is 5.75 Å². The lowest BCUT2D eigenvalue weighted by Crippen LogP contribution is -2.16. The lowest BCUT2D eigenvalue weighted by atomic mass is 10.2. The number of hydrogen-bond acceptors (Lipinski definition) is 5. The Morgan fingerprint density at radius 1 is 1.29 bits per heavy atom. The molecule has 1 aromatic heterocycles.